The molecule has 1 aliphatic rings. The molecule has 3 amide bonds. The largest absolute Gasteiger partial charge is 0.481 e. The van der Waals surface area contributed by atoms with E-state index in [0.29, 0.717) is 6.54 Å². The Hall–Kier alpha value is -1.83. The summed E-state index contributed by atoms with van der Waals surface area (Å²) in [5.74, 6) is -1.09. The fourth-order valence-electron chi connectivity index (χ4n) is 1.58. The fraction of sp³-hybridized carbons (Fsp3) is 0.700. The molecule has 1 rings (SSSR count). The van der Waals surface area contributed by atoms with Crippen LogP contribution in [0.3, 0.4) is 0 Å². The van der Waals surface area contributed by atoms with Crippen molar-refractivity contribution in [2.24, 2.45) is 0 Å². The summed E-state index contributed by atoms with van der Waals surface area (Å²) in [5, 5.41) is 16.3. The summed E-state index contributed by atoms with van der Waals surface area (Å²) in [4.78, 5) is 32.8. The Bertz CT molecular complexity index is 333. The van der Waals surface area contributed by atoms with Crippen LogP contribution in [0, 0.1) is 0 Å². The summed E-state index contributed by atoms with van der Waals surface area (Å²) in [6, 6.07) is -0.665. The van der Waals surface area contributed by atoms with Gasteiger partial charge in [-0.05, 0) is 0 Å². The van der Waals surface area contributed by atoms with Gasteiger partial charge in [0.05, 0.1) is 18.6 Å². The molecule has 8 nitrogen and oxygen atoms in total. The molecule has 0 saturated carbocycles. The van der Waals surface area contributed by atoms with Crippen molar-refractivity contribution in [1.82, 2.24) is 16.0 Å². The molecule has 0 aliphatic carbocycles. The number of rotatable bonds is 6. The second kappa shape index (κ2) is 6.80. The first-order chi connectivity index (χ1) is 8.51. The predicted octanol–water partition coefficient (Wildman–Crippen LogP) is -1.34. The van der Waals surface area contributed by atoms with Gasteiger partial charge >= 0.3 is 12.0 Å². The Balaban J connectivity index is 2.23. The number of hydrogen-bond donors (Lipinski definition) is 4. The molecule has 0 aromatic carbocycles. The Morgan fingerprint density at radius 2 is 2.33 bits per heavy atom. The van der Waals surface area contributed by atoms with Crippen LogP contribution in [0.5, 0.6) is 0 Å². The number of carbonyl (C=O) groups is 3. The first-order valence-corrected chi connectivity index (χ1v) is 5.57. The van der Waals surface area contributed by atoms with Crippen LogP contribution in [-0.4, -0.2) is 55.4 Å². The topological polar surface area (TPSA) is 117 Å². The molecule has 18 heavy (non-hydrogen) atoms. The molecule has 0 spiro atoms. The molecule has 2 atom stereocenters. The molecule has 8 heteroatoms. The van der Waals surface area contributed by atoms with Crippen LogP contribution >= 0.6 is 0 Å². The molecular weight excluding hydrogens is 242 g/mol. The number of carboxylic acids is 1. The van der Waals surface area contributed by atoms with Gasteiger partial charge < -0.3 is 25.8 Å². The Labute approximate surface area is 104 Å². The highest BCUT2D eigenvalue weighted by molar-refractivity contribution is 5.81. The summed E-state index contributed by atoms with van der Waals surface area (Å²) in [6.07, 6.45) is -0.493. The summed E-state index contributed by atoms with van der Waals surface area (Å²) >= 11 is 0. The van der Waals surface area contributed by atoms with Gasteiger partial charge in [-0.3, -0.25) is 9.59 Å². The highest BCUT2D eigenvalue weighted by Gasteiger charge is 2.23. The molecule has 1 aliphatic heterocycles. The monoisotopic (exact) mass is 259 g/mol. The smallest absolute Gasteiger partial charge is 0.315 e. The van der Waals surface area contributed by atoms with Crippen LogP contribution in [0.15, 0.2) is 0 Å². The van der Waals surface area contributed by atoms with E-state index in [1.54, 1.807) is 0 Å². The number of aliphatic carboxylic acids is 1. The van der Waals surface area contributed by atoms with Crippen molar-refractivity contribution < 1.29 is 24.2 Å². The number of hydrogen-bond acceptors (Lipinski definition) is 4. The molecule has 1 heterocycles. The van der Waals surface area contributed by atoms with Gasteiger partial charge in [0.2, 0.25) is 5.91 Å². The molecular formula is C10H17N3O5. The Morgan fingerprint density at radius 1 is 1.61 bits per heavy atom. The third kappa shape index (κ3) is 5.00. The first-order valence-electron chi connectivity index (χ1n) is 5.57. The molecule has 0 aromatic rings. The van der Waals surface area contributed by atoms with Gasteiger partial charge in [0.25, 0.3) is 0 Å². The van der Waals surface area contributed by atoms with E-state index in [1.165, 1.54) is 7.11 Å². The lowest BCUT2D eigenvalue weighted by molar-refractivity contribution is -0.139. The zero-order chi connectivity index (χ0) is 13.5. The Morgan fingerprint density at radius 3 is 2.83 bits per heavy atom. The van der Waals surface area contributed by atoms with Crippen molar-refractivity contribution in [2.45, 2.75) is 25.0 Å². The molecule has 102 valence electrons. The van der Waals surface area contributed by atoms with Crippen LogP contribution in [-0.2, 0) is 14.3 Å². The number of nitrogens with one attached hydrogen (secondary N) is 3. The summed E-state index contributed by atoms with van der Waals surface area (Å²) in [5.41, 5.74) is 0. The van der Waals surface area contributed by atoms with Crippen molar-refractivity contribution in [3.8, 4) is 0 Å². The van der Waals surface area contributed by atoms with Crippen LogP contribution in [0.4, 0.5) is 4.79 Å². The minimum atomic E-state index is -0.991. The van der Waals surface area contributed by atoms with Crippen LogP contribution in [0.2, 0.25) is 0 Å². The van der Waals surface area contributed by atoms with Gasteiger partial charge in [0.1, 0.15) is 0 Å². The van der Waals surface area contributed by atoms with E-state index in [4.69, 9.17) is 9.84 Å². The minimum absolute atomic E-state index is 0.0963. The van der Waals surface area contributed by atoms with Crippen molar-refractivity contribution in [3.05, 3.63) is 0 Å². The van der Waals surface area contributed by atoms with Gasteiger partial charge in [-0.25, -0.2) is 4.79 Å². The first kappa shape index (κ1) is 14.2. The molecule has 4 N–H and O–H groups in total. The Kier molecular flexibility index (Phi) is 5.37. The number of methoxy groups -OCH3 is 1. The van der Waals surface area contributed by atoms with Gasteiger partial charge in [-0.2, -0.15) is 0 Å². The zero-order valence-electron chi connectivity index (χ0n) is 10.1. The summed E-state index contributed by atoms with van der Waals surface area (Å²) in [7, 11) is 1.38. The van der Waals surface area contributed by atoms with Gasteiger partial charge in [0, 0.05) is 26.6 Å². The second-order valence-corrected chi connectivity index (χ2v) is 4.02. The standard InChI is InChI=1S/C10H17N3O5/c1-18-7(3-9(15)16)5-12-10(17)13-6-2-8(14)11-4-6/h6-7H,2-5H2,1H3,(H,11,14)(H,15,16)(H2,12,13,17). The van der Waals surface area contributed by atoms with Crippen molar-refractivity contribution in [3.63, 3.8) is 0 Å². The lowest BCUT2D eigenvalue weighted by atomic mass is 10.2. The van der Waals surface area contributed by atoms with Crippen LogP contribution < -0.4 is 16.0 Å². The molecule has 0 bridgehead atoms. The number of urea groups is 1. The minimum Gasteiger partial charge on any atom is -0.481 e. The quantitative estimate of drug-likeness (QED) is 0.471. The average Bonchev–Trinajstić information content (AvgIpc) is 2.69. The lowest BCUT2D eigenvalue weighted by Gasteiger charge is -2.16. The highest BCUT2D eigenvalue weighted by atomic mass is 16.5. The summed E-state index contributed by atoms with van der Waals surface area (Å²) < 4.78 is 4.91. The van der Waals surface area contributed by atoms with Crippen LogP contribution in [0.1, 0.15) is 12.8 Å². The van der Waals surface area contributed by atoms with Crippen molar-refractivity contribution >= 4 is 17.9 Å². The number of ether oxygens (including phenoxy) is 1. The molecule has 0 radical (unpaired) electrons. The fourth-order valence-corrected chi connectivity index (χ4v) is 1.58. The van der Waals surface area contributed by atoms with Gasteiger partial charge in [-0.15, -0.1) is 0 Å². The van der Waals surface area contributed by atoms with E-state index in [-0.39, 0.29) is 31.3 Å². The summed E-state index contributed by atoms with van der Waals surface area (Å²) in [6.45, 7) is 0.512. The van der Waals surface area contributed by atoms with Gasteiger partial charge in [-0.1, -0.05) is 0 Å². The lowest BCUT2D eigenvalue weighted by Crippen LogP contribution is -2.45. The predicted molar refractivity (Wildman–Crippen MR) is 61.0 cm³/mol. The third-order valence-electron chi connectivity index (χ3n) is 2.54. The van der Waals surface area contributed by atoms with E-state index in [9.17, 15) is 14.4 Å². The molecule has 0 aromatic heterocycles. The second-order valence-electron chi connectivity index (χ2n) is 4.02. The maximum Gasteiger partial charge on any atom is 0.315 e. The van der Waals surface area contributed by atoms with Crippen molar-refractivity contribution in [1.29, 1.82) is 0 Å². The number of amides is 3. The van der Waals surface area contributed by atoms with E-state index < -0.39 is 18.1 Å². The molecule has 1 fully saturated rings. The van der Waals surface area contributed by atoms with E-state index in [2.05, 4.69) is 16.0 Å². The van der Waals surface area contributed by atoms with E-state index in [1.807, 2.05) is 0 Å². The average molecular weight is 259 g/mol. The van der Waals surface area contributed by atoms with Crippen molar-refractivity contribution in [2.75, 3.05) is 20.2 Å². The normalized spacial score (nSPS) is 20.1. The van der Waals surface area contributed by atoms with Crippen LogP contribution in [0.25, 0.3) is 0 Å². The number of carboxylic acid groups (broad SMARTS) is 1. The maximum atomic E-state index is 11.4. The molecule has 1 saturated heterocycles. The van der Waals surface area contributed by atoms with E-state index >= 15 is 0 Å². The SMILES string of the molecule is COC(CNC(=O)NC1CNC(=O)C1)CC(=O)O. The third-order valence-corrected chi connectivity index (χ3v) is 2.54. The molecule has 2 unspecified atom stereocenters. The van der Waals surface area contributed by atoms with Gasteiger partial charge in [0.15, 0.2) is 0 Å². The maximum absolute atomic E-state index is 11.4. The van der Waals surface area contributed by atoms with E-state index in [0.717, 1.165) is 0 Å². The number of carbonyl (C=O) groups excluding carboxylic acids is 2. The zero-order valence-corrected chi connectivity index (χ0v) is 10.1. The highest BCUT2D eigenvalue weighted by Crippen LogP contribution is 1.99.